The fourth-order valence-corrected chi connectivity index (χ4v) is 2.96. The lowest BCUT2D eigenvalue weighted by molar-refractivity contribution is -0.130. The van der Waals surface area contributed by atoms with Crippen LogP contribution in [0.2, 0.25) is 0 Å². The summed E-state index contributed by atoms with van der Waals surface area (Å²) in [6.07, 6.45) is 0.449. The molecule has 0 saturated carbocycles. The maximum absolute atomic E-state index is 12.4. The standard InChI is InChI=1S/C19H23N3O.2ClH/c1-15-3-2-4-18(13-15)21-9-11-22(12-10-21)19(23)14-16-5-7-17(20)8-6-16;;/h2-8,13H,9-12,14,20H2,1H3;2*1H. The van der Waals surface area contributed by atoms with E-state index in [1.54, 1.807) is 0 Å². The van der Waals surface area contributed by atoms with Gasteiger partial charge in [0.1, 0.15) is 0 Å². The van der Waals surface area contributed by atoms with E-state index in [0.29, 0.717) is 6.42 Å². The molecule has 0 atom stereocenters. The summed E-state index contributed by atoms with van der Waals surface area (Å²) >= 11 is 0. The third-order valence-electron chi connectivity index (χ3n) is 4.33. The van der Waals surface area contributed by atoms with Crippen LogP contribution in [0, 0.1) is 6.92 Å². The molecular weight excluding hydrogens is 357 g/mol. The lowest BCUT2D eigenvalue weighted by Crippen LogP contribution is -2.49. The highest BCUT2D eigenvalue weighted by atomic mass is 35.5. The Morgan fingerprint density at radius 1 is 1.00 bits per heavy atom. The number of nitrogens with two attached hydrogens (primary N) is 1. The second-order valence-corrected chi connectivity index (χ2v) is 6.13. The summed E-state index contributed by atoms with van der Waals surface area (Å²) < 4.78 is 0. The number of benzene rings is 2. The van der Waals surface area contributed by atoms with Crippen molar-refractivity contribution in [3.05, 3.63) is 59.7 Å². The van der Waals surface area contributed by atoms with E-state index in [2.05, 4.69) is 36.1 Å². The fourth-order valence-electron chi connectivity index (χ4n) is 2.96. The molecule has 1 saturated heterocycles. The van der Waals surface area contributed by atoms with E-state index in [1.807, 2.05) is 29.2 Å². The minimum atomic E-state index is 0. The molecule has 0 aromatic heterocycles. The normalized spacial score (nSPS) is 13.6. The minimum absolute atomic E-state index is 0. The SMILES string of the molecule is Cc1cccc(N2CCN(C(=O)Cc3ccc(N)cc3)CC2)c1.Cl.Cl. The molecule has 1 aliphatic heterocycles. The van der Waals surface area contributed by atoms with Gasteiger partial charge in [0, 0.05) is 37.6 Å². The van der Waals surface area contributed by atoms with E-state index in [-0.39, 0.29) is 30.7 Å². The summed E-state index contributed by atoms with van der Waals surface area (Å²) in [5.41, 5.74) is 9.94. The summed E-state index contributed by atoms with van der Waals surface area (Å²) in [4.78, 5) is 16.7. The van der Waals surface area contributed by atoms with Crippen LogP contribution in [0.1, 0.15) is 11.1 Å². The average Bonchev–Trinajstić information content (AvgIpc) is 2.57. The number of carbonyl (C=O) groups is 1. The molecule has 1 aliphatic rings. The number of amides is 1. The van der Waals surface area contributed by atoms with Gasteiger partial charge in [-0.15, -0.1) is 24.8 Å². The highest BCUT2D eigenvalue weighted by Gasteiger charge is 2.21. The van der Waals surface area contributed by atoms with Crippen LogP contribution in [-0.2, 0) is 11.2 Å². The maximum atomic E-state index is 12.4. The number of nitrogens with zero attached hydrogens (tertiary/aromatic N) is 2. The van der Waals surface area contributed by atoms with Gasteiger partial charge in [-0.1, -0.05) is 24.3 Å². The van der Waals surface area contributed by atoms with Gasteiger partial charge in [-0.05, 0) is 42.3 Å². The number of hydrogen-bond acceptors (Lipinski definition) is 3. The Morgan fingerprint density at radius 2 is 1.64 bits per heavy atom. The Labute approximate surface area is 161 Å². The average molecular weight is 382 g/mol. The van der Waals surface area contributed by atoms with Crippen molar-refractivity contribution in [2.75, 3.05) is 36.8 Å². The molecule has 25 heavy (non-hydrogen) atoms. The largest absolute Gasteiger partial charge is 0.399 e. The van der Waals surface area contributed by atoms with Crippen LogP contribution in [0.5, 0.6) is 0 Å². The molecule has 0 bridgehead atoms. The van der Waals surface area contributed by atoms with Crippen molar-refractivity contribution in [3.63, 3.8) is 0 Å². The summed E-state index contributed by atoms with van der Waals surface area (Å²) in [7, 11) is 0. The third-order valence-corrected chi connectivity index (χ3v) is 4.33. The van der Waals surface area contributed by atoms with E-state index in [9.17, 15) is 4.79 Å². The van der Waals surface area contributed by atoms with Crippen LogP contribution in [-0.4, -0.2) is 37.0 Å². The molecule has 0 spiro atoms. The molecule has 6 heteroatoms. The monoisotopic (exact) mass is 381 g/mol. The second-order valence-electron chi connectivity index (χ2n) is 6.13. The number of aryl methyl sites for hydroxylation is 1. The minimum Gasteiger partial charge on any atom is -0.399 e. The maximum Gasteiger partial charge on any atom is 0.227 e. The first kappa shape index (κ1) is 21.1. The number of anilines is 2. The molecule has 2 N–H and O–H groups in total. The van der Waals surface area contributed by atoms with Crippen LogP contribution < -0.4 is 10.6 Å². The van der Waals surface area contributed by atoms with Gasteiger partial charge in [0.15, 0.2) is 0 Å². The Balaban J connectivity index is 0.00000156. The van der Waals surface area contributed by atoms with Gasteiger partial charge in [0.05, 0.1) is 6.42 Å². The number of halogens is 2. The first-order valence-electron chi connectivity index (χ1n) is 8.05. The summed E-state index contributed by atoms with van der Waals surface area (Å²) in [5, 5.41) is 0. The topological polar surface area (TPSA) is 49.6 Å². The van der Waals surface area contributed by atoms with E-state index in [1.165, 1.54) is 11.3 Å². The van der Waals surface area contributed by atoms with E-state index in [4.69, 9.17) is 5.73 Å². The lowest BCUT2D eigenvalue weighted by Gasteiger charge is -2.36. The fraction of sp³-hybridized carbons (Fsp3) is 0.316. The van der Waals surface area contributed by atoms with Gasteiger partial charge in [0.25, 0.3) is 0 Å². The van der Waals surface area contributed by atoms with E-state index in [0.717, 1.165) is 37.4 Å². The van der Waals surface area contributed by atoms with Gasteiger partial charge in [-0.25, -0.2) is 0 Å². The smallest absolute Gasteiger partial charge is 0.227 e. The lowest BCUT2D eigenvalue weighted by atomic mass is 10.1. The molecule has 1 fully saturated rings. The first-order valence-corrected chi connectivity index (χ1v) is 8.05. The van der Waals surface area contributed by atoms with E-state index < -0.39 is 0 Å². The van der Waals surface area contributed by atoms with Crippen molar-refractivity contribution in [3.8, 4) is 0 Å². The van der Waals surface area contributed by atoms with Crippen molar-refractivity contribution in [1.82, 2.24) is 4.90 Å². The number of rotatable bonds is 3. The summed E-state index contributed by atoms with van der Waals surface area (Å²) in [6.45, 7) is 5.44. The van der Waals surface area contributed by atoms with Gasteiger partial charge in [-0.3, -0.25) is 4.79 Å². The van der Waals surface area contributed by atoms with Crippen LogP contribution in [0.15, 0.2) is 48.5 Å². The van der Waals surface area contributed by atoms with Crippen molar-refractivity contribution >= 4 is 42.1 Å². The van der Waals surface area contributed by atoms with Crippen LogP contribution in [0.25, 0.3) is 0 Å². The molecule has 1 heterocycles. The second kappa shape index (κ2) is 9.54. The Bertz CT molecular complexity index is 683. The molecule has 0 radical (unpaired) electrons. The van der Waals surface area contributed by atoms with Gasteiger partial charge >= 0.3 is 0 Å². The van der Waals surface area contributed by atoms with Crippen LogP contribution in [0.4, 0.5) is 11.4 Å². The zero-order valence-corrected chi connectivity index (χ0v) is 16.0. The zero-order chi connectivity index (χ0) is 16.2. The number of carbonyl (C=O) groups excluding carboxylic acids is 1. The molecule has 0 unspecified atom stereocenters. The molecular formula is C19H25Cl2N3O. The predicted molar refractivity (Wildman–Crippen MR) is 109 cm³/mol. The number of nitrogen functional groups attached to an aromatic ring is 1. The Morgan fingerprint density at radius 3 is 2.24 bits per heavy atom. The summed E-state index contributed by atoms with van der Waals surface area (Å²) in [6, 6.07) is 16.1. The Hall–Kier alpha value is -1.91. The first-order chi connectivity index (χ1) is 11.1. The third kappa shape index (κ3) is 5.55. The molecule has 136 valence electrons. The molecule has 2 aromatic carbocycles. The van der Waals surface area contributed by atoms with Gasteiger partial charge in [0.2, 0.25) is 5.91 Å². The quantitative estimate of drug-likeness (QED) is 0.829. The highest BCUT2D eigenvalue weighted by molar-refractivity contribution is 5.85. The van der Waals surface area contributed by atoms with Gasteiger partial charge < -0.3 is 15.5 Å². The molecule has 4 nitrogen and oxygen atoms in total. The molecule has 1 amide bonds. The van der Waals surface area contributed by atoms with Crippen molar-refractivity contribution < 1.29 is 4.79 Å². The number of hydrogen-bond donors (Lipinski definition) is 1. The Kier molecular flexibility index (Phi) is 8.07. The van der Waals surface area contributed by atoms with Crippen molar-refractivity contribution in [1.29, 1.82) is 0 Å². The van der Waals surface area contributed by atoms with Crippen LogP contribution in [0.3, 0.4) is 0 Å². The summed E-state index contributed by atoms with van der Waals surface area (Å²) in [5.74, 6) is 0.193. The zero-order valence-electron chi connectivity index (χ0n) is 14.4. The van der Waals surface area contributed by atoms with Crippen LogP contribution >= 0.6 is 24.8 Å². The molecule has 3 rings (SSSR count). The van der Waals surface area contributed by atoms with E-state index >= 15 is 0 Å². The van der Waals surface area contributed by atoms with Crippen molar-refractivity contribution in [2.24, 2.45) is 0 Å². The van der Waals surface area contributed by atoms with Crippen molar-refractivity contribution in [2.45, 2.75) is 13.3 Å². The molecule has 0 aliphatic carbocycles. The highest BCUT2D eigenvalue weighted by Crippen LogP contribution is 2.18. The predicted octanol–water partition coefficient (Wildman–Crippen LogP) is 3.31. The number of piperazine rings is 1. The molecule has 2 aromatic rings. The van der Waals surface area contributed by atoms with Gasteiger partial charge in [-0.2, -0.15) is 0 Å².